The molecule has 0 amide bonds. The third kappa shape index (κ3) is 5.53. The van der Waals surface area contributed by atoms with E-state index in [4.69, 9.17) is 0 Å². The van der Waals surface area contributed by atoms with Crippen molar-refractivity contribution in [1.82, 2.24) is 0 Å². The highest BCUT2D eigenvalue weighted by Gasteiger charge is 2.28. The lowest BCUT2D eigenvalue weighted by atomic mass is 9.71. The van der Waals surface area contributed by atoms with Crippen molar-refractivity contribution in [3.8, 4) is 12.1 Å². The van der Waals surface area contributed by atoms with Gasteiger partial charge >= 0.3 is 0 Å². The van der Waals surface area contributed by atoms with E-state index in [1.165, 1.54) is 12.8 Å². The summed E-state index contributed by atoms with van der Waals surface area (Å²) < 4.78 is 0. The van der Waals surface area contributed by atoms with Crippen LogP contribution in [0, 0.1) is 34.0 Å². The van der Waals surface area contributed by atoms with Gasteiger partial charge in [-0.15, -0.1) is 0 Å². The Balaban J connectivity index is 3.06. The number of nitriles is 2. The molecule has 22 heavy (non-hydrogen) atoms. The summed E-state index contributed by atoms with van der Waals surface area (Å²) in [7, 11) is 0. The molecule has 2 nitrogen and oxygen atoms in total. The van der Waals surface area contributed by atoms with Crippen molar-refractivity contribution in [3.05, 3.63) is 34.9 Å². The molecule has 0 N–H and O–H groups in total. The summed E-state index contributed by atoms with van der Waals surface area (Å²) in [6, 6.07) is 4.14. The van der Waals surface area contributed by atoms with Gasteiger partial charge in [-0.2, -0.15) is 10.5 Å². The van der Waals surface area contributed by atoms with E-state index in [0.29, 0.717) is 5.92 Å². The van der Waals surface area contributed by atoms with Gasteiger partial charge in [-0.3, -0.25) is 0 Å². The Morgan fingerprint density at radius 2 is 2.00 bits per heavy atom. The maximum Gasteiger partial charge on any atom is 0.137 e. The zero-order chi connectivity index (χ0) is 16.6. The zero-order valence-corrected chi connectivity index (χ0v) is 14.4. The lowest BCUT2D eigenvalue weighted by Gasteiger charge is -2.33. The van der Waals surface area contributed by atoms with Crippen LogP contribution in [-0.4, -0.2) is 0 Å². The SMILES string of the molecule is CCCCCC=CC(C1=CC(C)CC(C)(C)C1)=C(C#N)C#N. The molecule has 0 aromatic carbocycles. The van der Waals surface area contributed by atoms with Gasteiger partial charge in [-0.25, -0.2) is 0 Å². The first-order chi connectivity index (χ1) is 10.4. The molecule has 1 atom stereocenters. The Kier molecular flexibility index (Phi) is 7.13. The number of nitrogens with zero attached hydrogens (tertiary/aromatic N) is 2. The average molecular weight is 296 g/mol. The van der Waals surface area contributed by atoms with E-state index < -0.39 is 0 Å². The molecule has 0 fully saturated rings. The van der Waals surface area contributed by atoms with Gasteiger partial charge < -0.3 is 0 Å². The van der Waals surface area contributed by atoms with Crippen LogP contribution in [0.3, 0.4) is 0 Å². The fourth-order valence-electron chi connectivity index (χ4n) is 3.32. The molecule has 0 heterocycles. The van der Waals surface area contributed by atoms with Gasteiger partial charge in [0.1, 0.15) is 17.7 Å². The van der Waals surface area contributed by atoms with Crippen molar-refractivity contribution in [1.29, 1.82) is 10.5 Å². The van der Waals surface area contributed by atoms with Crippen molar-refractivity contribution in [2.24, 2.45) is 11.3 Å². The van der Waals surface area contributed by atoms with Crippen LogP contribution in [0.2, 0.25) is 0 Å². The van der Waals surface area contributed by atoms with Gasteiger partial charge in [0, 0.05) is 5.57 Å². The quantitative estimate of drug-likeness (QED) is 0.350. The molecule has 0 spiro atoms. The smallest absolute Gasteiger partial charge is 0.137 e. The predicted octanol–water partition coefficient (Wildman–Crippen LogP) is 5.85. The Morgan fingerprint density at radius 3 is 2.55 bits per heavy atom. The second-order valence-electron chi connectivity index (χ2n) is 7.12. The number of hydrogen-bond acceptors (Lipinski definition) is 2. The highest BCUT2D eigenvalue weighted by molar-refractivity contribution is 5.54. The van der Waals surface area contributed by atoms with E-state index in [-0.39, 0.29) is 11.0 Å². The van der Waals surface area contributed by atoms with Crippen LogP contribution in [0.1, 0.15) is 66.2 Å². The van der Waals surface area contributed by atoms with Crippen molar-refractivity contribution in [3.63, 3.8) is 0 Å². The highest BCUT2D eigenvalue weighted by atomic mass is 14.3. The standard InChI is InChI=1S/C20H28N2/c1-5-6-7-8-9-10-19(18(14-21)15-22)17-11-16(2)12-20(3,4)13-17/h9-11,16H,5-8,12-13H2,1-4H3. The van der Waals surface area contributed by atoms with Crippen LogP contribution in [0.25, 0.3) is 0 Å². The summed E-state index contributed by atoms with van der Waals surface area (Å²) in [6.07, 6.45) is 13.0. The molecule has 0 aromatic rings. The van der Waals surface area contributed by atoms with Crippen molar-refractivity contribution in [2.75, 3.05) is 0 Å². The summed E-state index contributed by atoms with van der Waals surface area (Å²) in [5.41, 5.74) is 2.46. The first kappa shape index (κ1) is 18.2. The van der Waals surface area contributed by atoms with E-state index in [0.717, 1.165) is 36.8 Å². The maximum atomic E-state index is 9.27. The molecule has 1 aliphatic carbocycles. The van der Waals surface area contributed by atoms with Gasteiger partial charge in [-0.1, -0.05) is 58.8 Å². The molecule has 0 aliphatic heterocycles. The largest absolute Gasteiger partial charge is 0.192 e. The van der Waals surface area contributed by atoms with E-state index >= 15 is 0 Å². The number of hydrogen-bond donors (Lipinski definition) is 0. The fourth-order valence-corrected chi connectivity index (χ4v) is 3.32. The van der Waals surface area contributed by atoms with Crippen LogP contribution >= 0.6 is 0 Å². The van der Waals surface area contributed by atoms with Crippen molar-refractivity contribution < 1.29 is 0 Å². The van der Waals surface area contributed by atoms with E-state index in [2.05, 4.69) is 52.0 Å². The average Bonchev–Trinajstić information content (AvgIpc) is 2.44. The summed E-state index contributed by atoms with van der Waals surface area (Å²) >= 11 is 0. The summed E-state index contributed by atoms with van der Waals surface area (Å²) in [5, 5.41) is 18.5. The Hall–Kier alpha value is -1.80. The molecule has 1 rings (SSSR count). The number of allylic oxidation sites excluding steroid dienone is 6. The zero-order valence-electron chi connectivity index (χ0n) is 14.4. The monoisotopic (exact) mass is 296 g/mol. The molecule has 2 heteroatoms. The fraction of sp³-hybridized carbons (Fsp3) is 0.600. The van der Waals surface area contributed by atoms with E-state index in [9.17, 15) is 10.5 Å². The second kappa shape index (κ2) is 8.60. The third-order valence-corrected chi connectivity index (χ3v) is 4.13. The van der Waals surface area contributed by atoms with E-state index in [1.807, 2.05) is 6.08 Å². The molecule has 0 aromatic heterocycles. The first-order valence-corrected chi connectivity index (χ1v) is 8.35. The third-order valence-electron chi connectivity index (χ3n) is 4.13. The minimum Gasteiger partial charge on any atom is -0.192 e. The van der Waals surface area contributed by atoms with Gasteiger partial charge in [0.05, 0.1) is 0 Å². The molecule has 118 valence electrons. The van der Waals surface area contributed by atoms with Gasteiger partial charge in [0.2, 0.25) is 0 Å². The minimum absolute atomic E-state index is 0.223. The Morgan fingerprint density at radius 1 is 1.32 bits per heavy atom. The predicted molar refractivity (Wildman–Crippen MR) is 91.8 cm³/mol. The van der Waals surface area contributed by atoms with Crippen LogP contribution in [0.5, 0.6) is 0 Å². The highest BCUT2D eigenvalue weighted by Crippen LogP contribution is 2.41. The minimum atomic E-state index is 0.223. The summed E-state index contributed by atoms with van der Waals surface area (Å²) in [6.45, 7) is 8.92. The molecular formula is C20H28N2. The molecular weight excluding hydrogens is 268 g/mol. The van der Waals surface area contributed by atoms with Crippen molar-refractivity contribution in [2.45, 2.75) is 66.2 Å². The molecule has 0 saturated heterocycles. The number of unbranched alkanes of at least 4 members (excludes halogenated alkanes) is 3. The van der Waals surface area contributed by atoms with Crippen LogP contribution in [0.15, 0.2) is 34.9 Å². The van der Waals surface area contributed by atoms with Gasteiger partial charge in [0.15, 0.2) is 0 Å². The maximum absolute atomic E-state index is 9.27. The lowest BCUT2D eigenvalue weighted by Crippen LogP contribution is -2.21. The van der Waals surface area contributed by atoms with Gasteiger partial charge in [-0.05, 0) is 42.6 Å². The van der Waals surface area contributed by atoms with E-state index in [1.54, 1.807) is 0 Å². The lowest BCUT2D eigenvalue weighted by molar-refractivity contribution is 0.282. The molecule has 1 aliphatic rings. The summed E-state index contributed by atoms with van der Waals surface area (Å²) in [4.78, 5) is 0. The molecule has 0 saturated carbocycles. The Bertz CT molecular complexity index is 531. The molecule has 1 unspecified atom stereocenters. The van der Waals surface area contributed by atoms with Crippen LogP contribution in [-0.2, 0) is 0 Å². The van der Waals surface area contributed by atoms with Crippen LogP contribution < -0.4 is 0 Å². The molecule has 0 bridgehead atoms. The number of rotatable bonds is 6. The second-order valence-corrected chi connectivity index (χ2v) is 7.12. The Labute approximate surface area is 135 Å². The first-order valence-electron chi connectivity index (χ1n) is 8.35. The topological polar surface area (TPSA) is 47.6 Å². The molecule has 0 radical (unpaired) electrons. The summed E-state index contributed by atoms with van der Waals surface area (Å²) in [5.74, 6) is 0.487. The van der Waals surface area contributed by atoms with Crippen molar-refractivity contribution >= 4 is 0 Å². The van der Waals surface area contributed by atoms with Crippen LogP contribution in [0.4, 0.5) is 0 Å². The normalized spacial score (nSPS) is 20.1. The van der Waals surface area contributed by atoms with Gasteiger partial charge in [0.25, 0.3) is 0 Å².